The third-order valence-electron chi connectivity index (χ3n) is 7.66. The lowest BCUT2D eigenvalue weighted by molar-refractivity contribution is -0.135. The first-order chi connectivity index (χ1) is 11.4. The number of hydrogen-bond donors (Lipinski definition) is 0. The molecule has 0 radical (unpaired) electrons. The molecule has 0 spiro atoms. The summed E-state index contributed by atoms with van der Waals surface area (Å²) in [6.45, 7) is 17.5. The fourth-order valence-electron chi connectivity index (χ4n) is 5.30. The maximum Gasteiger partial charge on any atom is 0.222 e. The zero-order chi connectivity index (χ0) is 18.4. The summed E-state index contributed by atoms with van der Waals surface area (Å²) in [5.74, 6) is 1.12. The molecule has 1 saturated heterocycles. The van der Waals surface area contributed by atoms with Crippen molar-refractivity contribution in [1.29, 1.82) is 0 Å². The van der Waals surface area contributed by atoms with Gasteiger partial charge in [-0.3, -0.25) is 4.79 Å². The minimum atomic E-state index is 0.273. The van der Waals surface area contributed by atoms with Crippen molar-refractivity contribution in [3.05, 3.63) is 0 Å². The predicted octanol–water partition coefficient (Wildman–Crippen LogP) is 6.44. The summed E-state index contributed by atoms with van der Waals surface area (Å²) >= 11 is 0. The molecule has 0 aliphatic carbocycles. The Morgan fingerprint density at radius 2 is 1.50 bits per heavy atom. The Bertz CT molecular complexity index is 377. The zero-order valence-electron chi connectivity index (χ0n) is 17.6. The fourth-order valence-corrected chi connectivity index (χ4v) is 5.30. The van der Waals surface area contributed by atoms with Gasteiger partial charge >= 0.3 is 0 Å². The molecule has 2 heteroatoms. The van der Waals surface area contributed by atoms with Crippen LogP contribution >= 0.6 is 0 Å². The maximum absolute atomic E-state index is 12.7. The third kappa shape index (κ3) is 4.17. The third-order valence-corrected chi connectivity index (χ3v) is 7.66. The van der Waals surface area contributed by atoms with E-state index in [1.54, 1.807) is 0 Å². The molecule has 0 saturated carbocycles. The van der Waals surface area contributed by atoms with E-state index in [-0.39, 0.29) is 5.41 Å². The first-order valence-electron chi connectivity index (χ1n) is 10.7. The van der Waals surface area contributed by atoms with Gasteiger partial charge in [0.25, 0.3) is 0 Å². The molecule has 0 aromatic heterocycles. The molecule has 1 atom stereocenters. The van der Waals surface area contributed by atoms with Gasteiger partial charge in [-0.2, -0.15) is 0 Å². The molecular weight excluding hydrogens is 294 g/mol. The molecule has 24 heavy (non-hydrogen) atoms. The van der Waals surface area contributed by atoms with Gasteiger partial charge in [-0.1, -0.05) is 74.1 Å². The fraction of sp³-hybridized carbons (Fsp3) is 0.955. The number of hydrogen-bond acceptors (Lipinski definition) is 1. The Morgan fingerprint density at radius 1 is 0.958 bits per heavy atom. The first-order valence-corrected chi connectivity index (χ1v) is 10.7. The SMILES string of the molecule is CCC(CC)C(CC)(CC)C(CC(C)(CC)CC)N1CCCC1=O. The van der Waals surface area contributed by atoms with Gasteiger partial charge in [-0.05, 0) is 42.4 Å². The molecule has 1 aliphatic heterocycles. The Morgan fingerprint density at radius 3 is 1.83 bits per heavy atom. The van der Waals surface area contributed by atoms with E-state index in [0.29, 0.717) is 23.3 Å². The highest BCUT2D eigenvalue weighted by Gasteiger charge is 2.47. The van der Waals surface area contributed by atoms with E-state index in [1.165, 1.54) is 44.9 Å². The molecule has 1 aliphatic rings. The lowest BCUT2D eigenvalue weighted by Gasteiger charge is -2.51. The number of amides is 1. The normalized spacial score (nSPS) is 17.8. The molecule has 1 amide bonds. The summed E-state index contributed by atoms with van der Waals surface area (Å²) in [4.78, 5) is 15.0. The Labute approximate surface area is 151 Å². The van der Waals surface area contributed by atoms with Crippen LogP contribution in [0.2, 0.25) is 0 Å². The van der Waals surface area contributed by atoms with Crippen molar-refractivity contribution in [2.45, 2.75) is 112 Å². The van der Waals surface area contributed by atoms with Crippen LogP contribution in [0.4, 0.5) is 0 Å². The quantitative estimate of drug-likeness (QED) is 0.425. The predicted molar refractivity (Wildman–Crippen MR) is 105 cm³/mol. The Kier molecular flexibility index (Phi) is 8.29. The van der Waals surface area contributed by atoms with Gasteiger partial charge in [-0.25, -0.2) is 0 Å². The molecular formula is C22H43NO. The van der Waals surface area contributed by atoms with Crippen LogP contribution in [0, 0.1) is 16.7 Å². The lowest BCUT2D eigenvalue weighted by atomic mass is 9.60. The van der Waals surface area contributed by atoms with Crippen LogP contribution in [0.15, 0.2) is 0 Å². The van der Waals surface area contributed by atoms with E-state index in [1.807, 2.05) is 0 Å². The van der Waals surface area contributed by atoms with Crippen molar-refractivity contribution in [2.24, 2.45) is 16.7 Å². The second-order valence-corrected chi connectivity index (χ2v) is 8.38. The molecule has 2 nitrogen and oxygen atoms in total. The number of likely N-dealkylation sites (tertiary alicyclic amines) is 1. The van der Waals surface area contributed by atoms with Gasteiger partial charge in [0.1, 0.15) is 0 Å². The summed E-state index contributed by atoms with van der Waals surface area (Å²) in [6.07, 6.45) is 10.2. The summed E-state index contributed by atoms with van der Waals surface area (Å²) in [6, 6.07) is 0.414. The molecule has 1 rings (SSSR count). The monoisotopic (exact) mass is 337 g/mol. The minimum absolute atomic E-state index is 0.273. The molecule has 1 heterocycles. The van der Waals surface area contributed by atoms with E-state index in [2.05, 4.69) is 53.4 Å². The molecule has 0 aromatic carbocycles. The van der Waals surface area contributed by atoms with Crippen LogP contribution in [0.25, 0.3) is 0 Å². The lowest BCUT2D eigenvalue weighted by Crippen LogP contribution is -2.53. The largest absolute Gasteiger partial charge is 0.339 e. The maximum atomic E-state index is 12.7. The summed E-state index contributed by atoms with van der Waals surface area (Å²) in [5, 5.41) is 0. The van der Waals surface area contributed by atoms with Gasteiger partial charge in [0, 0.05) is 19.0 Å². The summed E-state index contributed by atoms with van der Waals surface area (Å²) in [7, 11) is 0. The van der Waals surface area contributed by atoms with Gasteiger partial charge < -0.3 is 4.90 Å². The van der Waals surface area contributed by atoms with Crippen LogP contribution in [-0.2, 0) is 4.79 Å². The van der Waals surface area contributed by atoms with Gasteiger partial charge in [0.15, 0.2) is 0 Å². The van der Waals surface area contributed by atoms with Crippen LogP contribution in [0.3, 0.4) is 0 Å². The van der Waals surface area contributed by atoms with Crippen molar-refractivity contribution >= 4 is 5.91 Å². The first kappa shape index (κ1) is 21.5. The highest BCUT2D eigenvalue weighted by molar-refractivity contribution is 5.78. The van der Waals surface area contributed by atoms with Crippen LogP contribution < -0.4 is 0 Å². The minimum Gasteiger partial charge on any atom is -0.339 e. The van der Waals surface area contributed by atoms with E-state index < -0.39 is 0 Å². The highest BCUT2D eigenvalue weighted by atomic mass is 16.2. The molecule has 1 fully saturated rings. The molecule has 0 aromatic rings. The van der Waals surface area contributed by atoms with Crippen molar-refractivity contribution in [2.75, 3.05) is 6.54 Å². The molecule has 0 N–H and O–H groups in total. The second-order valence-electron chi connectivity index (χ2n) is 8.38. The molecule has 142 valence electrons. The van der Waals surface area contributed by atoms with E-state index in [9.17, 15) is 4.79 Å². The van der Waals surface area contributed by atoms with Gasteiger partial charge in [0.05, 0.1) is 0 Å². The number of nitrogens with zero attached hydrogens (tertiary/aromatic N) is 1. The average Bonchev–Trinajstić information content (AvgIpc) is 3.03. The van der Waals surface area contributed by atoms with Gasteiger partial charge in [0.2, 0.25) is 5.91 Å². The molecule has 1 unspecified atom stereocenters. The van der Waals surface area contributed by atoms with Crippen molar-refractivity contribution in [3.63, 3.8) is 0 Å². The van der Waals surface area contributed by atoms with E-state index in [4.69, 9.17) is 0 Å². The van der Waals surface area contributed by atoms with Crippen LogP contribution in [0.5, 0.6) is 0 Å². The number of carbonyl (C=O) groups excluding carboxylic acids is 1. The zero-order valence-corrected chi connectivity index (χ0v) is 17.6. The highest BCUT2D eigenvalue weighted by Crippen LogP contribution is 2.49. The van der Waals surface area contributed by atoms with E-state index in [0.717, 1.165) is 19.4 Å². The van der Waals surface area contributed by atoms with Crippen LogP contribution in [-0.4, -0.2) is 23.4 Å². The topological polar surface area (TPSA) is 20.3 Å². The smallest absolute Gasteiger partial charge is 0.222 e. The standard InChI is InChI=1S/C22H43NO/c1-8-18(9-2)22(12-5,13-6)19(17-21(7,10-3)11-4)23-16-14-15-20(23)24/h18-19H,8-17H2,1-7H3. The Balaban J connectivity index is 3.33. The van der Waals surface area contributed by atoms with Crippen molar-refractivity contribution < 1.29 is 4.79 Å². The van der Waals surface area contributed by atoms with Crippen LogP contribution in [0.1, 0.15) is 106 Å². The van der Waals surface area contributed by atoms with Crippen molar-refractivity contribution in [1.82, 2.24) is 4.90 Å². The summed E-state index contributed by atoms with van der Waals surface area (Å²) < 4.78 is 0. The number of carbonyl (C=O) groups is 1. The van der Waals surface area contributed by atoms with Crippen molar-refractivity contribution in [3.8, 4) is 0 Å². The van der Waals surface area contributed by atoms with E-state index >= 15 is 0 Å². The second kappa shape index (κ2) is 9.25. The number of rotatable bonds is 11. The summed E-state index contributed by atoms with van der Waals surface area (Å²) in [5.41, 5.74) is 0.615. The molecule has 0 bridgehead atoms. The Hall–Kier alpha value is -0.530. The average molecular weight is 338 g/mol. The van der Waals surface area contributed by atoms with Gasteiger partial charge in [-0.15, -0.1) is 0 Å².